The number of benzene rings is 1. The molecule has 4 heteroatoms. The second-order valence-electron chi connectivity index (χ2n) is 4.78. The Morgan fingerprint density at radius 2 is 2.05 bits per heavy atom. The first-order chi connectivity index (χ1) is 9.15. The summed E-state index contributed by atoms with van der Waals surface area (Å²) in [6, 6.07) is 7.73. The standard InChI is InChI=1S/C15H15NO2S/c1-3-16-12(17)8-19-15(16)13-9(2)10-6-4-5-7-11(10)14(13)18/h4-7,9H,3,8H2,1-2H3. The molecular weight excluding hydrogens is 258 g/mol. The first-order valence-electron chi connectivity index (χ1n) is 6.46. The second-order valence-corrected chi connectivity index (χ2v) is 5.75. The van der Waals surface area contributed by atoms with Gasteiger partial charge in [0.1, 0.15) is 0 Å². The summed E-state index contributed by atoms with van der Waals surface area (Å²) in [4.78, 5) is 26.1. The van der Waals surface area contributed by atoms with Crippen LogP contribution in [0.1, 0.15) is 35.7 Å². The molecule has 1 saturated heterocycles. The van der Waals surface area contributed by atoms with Gasteiger partial charge in [-0.05, 0) is 12.5 Å². The summed E-state index contributed by atoms with van der Waals surface area (Å²) in [5.41, 5.74) is 2.65. The Morgan fingerprint density at radius 3 is 2.74 bits per heavy atom. The van der Waals surface area contributed by atoms with Gasteiger partial charge in [-0.2, -0.15) is 0 Å². The van der Waals surface area contributed by atoms with Gasteiger partial charge in [0, 0.05) is 23.6 Å². The monoisotopic (exact) mass is 273 g/mol. The molecule has 1 aromatic rings. The Labute approximate surface area is 116 Å². The third-order valence-electron chi connectivity index (χ3n) is 3.77. The third-order valence-corrected chi connectivity index (χ3v) is 4.88. The summed E-state index contributed by atoms with van der Waals surface area (Å²) in [5, 5.41) is 0.862. The summed E-state index contributed by atoms with van der Waals surface area (Å²) in [5.74, 6) is 0.707. The fourth-order valence-corrected chi connectivity index (χ4v) is 4.03. The summed E-state index contributed by atoms with van der Waals surface area (Å²) < 4.78 is 0. The normalized spacial score (nSPS) is 26.2. The number of allylic oxidation sites excluding steroid dienone is 1. The molecule has 0 saturated carbocycles. The van der Waals surface area contributed by atoms with Crippen molar-refractivity contribution in [3.05, 3.63) is 46.0 Å². The number of Topliss-reactive ketones (excluding diaryl/α,β-unsaturated/α-hetero) is 1. The van der Waals surface area contributed by atoms with Gasteiger partial charge in [0.05, 0.1) is 10.8 Å². The smallest absolute Gasteiger partial charge is 0.237 e. The first kappa shape index (κ1) is 12.5. The SMILES string of the molecule is CCN1C(=O)CSC1=C1C(=O)c2ccccc2C1C. The van der Waals surface area contributed by atoms with E-state index < -0.39 is 0 Å². The zero-order valence-electron chi connectivity index (χ0n) is 11.0. The van der Waals surface area contributed by atoms with Crippen molar-refractivity contribution >= 4 is 23.5 Å². The van der Waals surface area contributed by atoms with Gasteiger partial charge in [-0.25, -0.2) is 0 Å². The number of fused-ring (bicyclic) bond motifs is 1. The minimum absolute atomic E-state index is 0.0751. The topological polar surface area (TPSA) is 37.4 Å². The molecule has 1 amide bonds. The highest BCUT2D eigenvalue weighted by atomic mass is 32.2. The zero-order chi connectivity index (χ0) is 13.6. The highest BCUT2D eigenvalue weighted by Gasteiger charge is 2.38. The molecular formula is C15H15NO2S. The Balaban J connectivity index is 2.14. The molecule has 1 heterocycles. The fraction of sp³-hybridized carbons (Fsp3) is 0.333. The zero-order valence-corrected chi connectivity index (χ0v) is 11.8. The van der Waals surface area contributed by atoms with E-state index in [9.17, 15) is 9.59 Å². The summed E-state index contributed by atoms with van der Waals surface area (Å²) in [6.07, 6.45) is 0. The molecule has 1 aliphatic carbocycles. The summed E-state index contributed by atoms with van der Waals surface area (Å²) >= 11 is 1.49. The molecule has 1 unspecified atom stereocenters. The van der Waals surface area contributed by atoms with Gasteiger partial charge in [-0.3, -0.25) is 9.59 Å². The van der Waals surface area contributed by atoms with Crippen molar-refractivity contribution in [3.8, 4) is 0 Å². The lowest BCUT2D eigenvalue weighted by atomic mass is 10.0. The molecule has 1 aliphatic heterocycles. The van der Waals surface area contributed by atoms with Gasteiger partial charge in [-0.15, -0.1) is 0 Å². The molecule has 0 aromatic heterocycles. The molecule has 0 N–H and O–H groups in total. The van der Waals surface area contributed by atoms with Crippen LogP contribution in [0.15, 0.2) is 34.9 Å². The van der Waals surface area contributed by atoms with E-state index in [1.165, 1.54) is 11.8 Å². The van der Waals surface area contributed by atoms with E-state index in [1.54, 1.807) is 4.90 Å². The Morgan fingerprint density at radius 1 is 1.32 bits per heavy atom. The predicted molar refractivity (Wildman–Crippen MR) is 76.1 cm³/mol. The van der Waals surface area contributed by atoms with Crippen LogP contribution >= 0.6 is 11.8 Å². The van der Waals surface area contributed by atoms with Crippen LogP contribution in [0.25, 0.3) is 0 Å². The van der Waals surface area contributed by atoms with Gasteiger partial charge in [-0.1, -0.05) is 43.0 Å². The maximum Gasteiger partial charge on any atom is 0.237 e. The van der Waals surface area contributed by atoms with Gasteiger partial charge >= 0.3 is 0 Å². The number of rotatable bonds is 1. The molecule has 2 aliphatic rings. The van der Waals surface area contributed by atoms with Crippen molar-refractivity contribution in [2.45, 2.75) is 19.8 Å². The predicted octanol–water partition coefficient (Wildman–Crippen LogP) is 2.79. The van der Waals surface area contributed by atoms with Crippen LogP contribution in [0.3, 0.4) is 0 Å². The van der Waals surface area contributed by atoms with Gasteiger partial charge < -0.3 is 4.90 Å². The number of hydrogen-bond donors (Lipinski definition) is 0. The van der Waals surface area contributed by atoms with Crippen LogP contribution in [0, 0.1) is 0 Å². The molecule has 1 atom stereocenters. The molecule has 3 rings (SSSR count). The maximum absolute atomic E-state index is 12.6. The minimum Gasteiger partial charge on any atom is -0.306 e. The number of ketones is 1. The lowest BCUT2D eigenvalue weighted by Gasteiger charge is -2.18. The number of nitrogens with zero attached hydrogens (tertiary/aromatic N) is 1. The van der Waals surface area contributed by atoms with E-state index in [0.29, 0.717) is 12.3 Å². The van der Waals surface area contributed by atoms with Crippen LogP contribution < -0.4 is 0 Å². The lowest BCUT2D eigenvalue weighted by molar-refractivity contribution is -0.125. The average molecular weight is 273 g/mol. The van der Waals surface area contributed by atoms with Gasteiger partial charge in [0.2, 0.25) is 5.91 Å². The van der Waals surface area contributed by atoms with Crippen molar-refractivity contribution in [1.82, 2.24) is 4.90 Å². The van der Waals surface area contributed by atoms with Crippen molar-refractivity contribution < 1.29 is 9.59 Å². The van der Waals surface area contributed by atoms with Crippen molar-refractivity contribution in [2.75, 3.05) is 12.3 Å². The number of carbonyl (C=O) groups excluding carboxylic acids is 2. The lowest BCUT2D eigenvalue weighted by Crippen LogP contribution is -2.25. The molecule has 1 fully saturated rings. The Bertz CT molecular complexity index is 606. The highest BCUT2D eigenvalue weighted by Crippen LogP contribution is 2.44. The number of hydrogen-bond acceptors (Lipinski definition) is 3. The number of thioether (sulfide) groups is 1. The van der Waals surface area contributed by atoms with E-state index in [4.69, 9.17) is 0 Å². The molecule has 1 aromatic carbocycles. The molecule has 19 heavy (non-hydrogen) atoms. The second kappa shape index (κ2) is 4.53. The van der Waals surface area contributed by atoms with Crippen molar-refractivity contribution in [1.29, 1.82) is 0 Å². The van der Waals surface area contributed by atoms with Crippen LogP contribution in [-0.2, 0) is 4.79 Å². The van der Waals surface area contributed by atoms with E-state index in [2.05, 4.69) is 0 Å². The third kappa shape index (κ3) is 1.74. The highest BCUT2D eigenvalue weighted by molar-refractivity contribution is 8.04. The quantitative estimate of drug-likeness (QED) is 0.738. The van der Waals surface area contributed by atoms with E-state index >= 15 is 0 Å². The summed E-state index contributed by atoms with van der Waals surface area (Å²) in [7, 11) is 0. The molecule has 3 nitrogen and oxygen atoms in total. The molecule has 0 radical (unpaired) electrons. The fourth-order valence-electron chi connectivity index (χ4n) is 2.80. The van der Waals surface area contributed by atoms with Crippen LogP contribution in [0.5, 0.6) is 0 Å². The molecule has 98 valence electrons. The van der Waals surface area contributed by atoms with Crippen LogP contribution in [-0.4, -0.2) is 28.9 Å². The Kier molecular flexibility index (Phi) is 2.97. The first-order valence-corrected chi connectivity index (χ1v) is 7.44. The average Bonchev–Trinajstić information content (AvgIpc) is 2.90. The maximum atomic E-state index is 12.6. The van der Waals surface area contributed by atoms with E-state index in [-0.39, 0.29) is 17.6 Å². The Hall–Kier alpha value is -1.55. The van der Waals surface area contributed by atoms with Gasteiger partial charge in [0.15, 0.2) is 5.78 Å². The minimum atomic E-state index is 0.0751. The number of amides is 1. The van der Waals surface area contributed by atoms with E-state index in [1.807, 2.05) is 38.1 Å². The largest absolute Gasteiger partial charge is 0.306 e. The van der Waals surface area contributed by atoms with Crippen molar-refractivity contribution in [2.24, 2.45) is 0 Å². The van der Waals surface area contributed by atoms with Crippen LogP contribution in [0.2, 0.25) is 0 Å². The molecule has 0 bridgehead atoms. The van der Waals surface area contributed by atoms with E-state index in [0.717, 1.165) is 21.7 Å². The summed E-state index contributed by atoms with van der Waals surface area (Å²) in [6.45, 7) is 4.62. The van der Waals surface area contributed by atoms with Crippen molar-refractivity contribution in [3.63, 3.8) is 0 Å². The van der Waals surface area contributed by atoms with Gasteiger partial charge in [0.25, 0.3) is 0 Å². The molecule has 0 spiro atoms. The van der Waals surface area contributed by atoms with Crippen LogP contribution in [0.4, 0.5) is 0 Å². The number of carbonyl (C=O) groups is 2.